The molecule has 0 fully saturated rings. The quantitative estimate of drug-likeness (QED) is 0.582. The van der Waals surface area contributed by atoms with Gasteiger partial charge in [0.15, 0.2) is 0 Å². The number of benzene rings is 2. The summed E-state index contributed by atoms with van der Waals surface area (Å²) < 4.78 is 0. The SMILES string of the molecule is Cc1ccccc1NC(=O)c1nnc(CCCC(=O)N[C@@H](C)c2ccccc2)s1. The molecule has 0 aliphatic heterocycles. The van der Waals surface area contributed by atoms with Crippen LogP contribution in [-0.2, 0) is 11.2 Å². The van der Waals surface area contributed by atoms with Crippen LogP contribution in [0.4, 0.5) is 5.69 Å². The number of hydrogen-bond donors (Lipinski definition) is 2. The van der Waals surface area contributed by atoms with Gasteiger partial charge < -0.3 is 10.6 Å². The van der Waals surface area contributed by atoms with Crippen LogP contribution in [0.25, 0.3) is 0 Å². The molecule has 1 heterocycles. The fraction of sp³-hybridized carbons (Fsp3) is 0.273. The fourth-order valence-corrected chi connectivity index (χ4v) is 3.65. The Balaban J connectivity index is 1.45. The van der Waals surface area contributed by atoms with Crippen LogP contribution in [0.5, 0.6) is 0 Å². The Bertz CT molecular complexity index is 972. The summed E-state index contributed by atoms with van der Waals surface area (Å²) >= 11 is 1.26. The highest BCUT2D eigenvalue weighted by Crippen LogP contribution is 2.18. The molecular weight excluding hydrogens is 384 g/mol. The van der Waals surface area contributed by atoms with E-state index in [0.717, 1.165) is 21.8 Å². The summed E-state index contributed by atoms with van der Waals surface area (Å²) in [6, 6.07) is 17.4. The van der Waals surface area contributed by atoms with Crippen molar-refractivity contribution in [2.45, 2.75) is 39.2 Å². The molecule has 0 saturated heterocycles. The van der Waals surface area contributed by atoms with Gasteiger partial charge in [0.1, 0.15) is 5.01 Å². The van der Waals surface area contributed by atoms with Gasteiger partial charge in [0.2, 0.25) is 10.9 Å². The second-order valence-corrected chi connectivity index (χ2v) is 7.89. The van der Waals surface area contributed by atoms with Crippen LogP contribution >= 0.6 is 11.3 Å². The van der Waals surface area contributed by atoms with Gasteiger partial charge in [-0.3, -0.25) is 9.59 Å². The Kier molecular flexibility index (Phi) is 7.08. The van der Waals surface area contributed by atoms with E-state index in [-0.39, 0.29) is 17.9 Å². The van der Waals surface area contributed by atoms with E-state index in [0.29, 0.717) is 24.3 Å². The van der Waals surface area contributed by atoms with Crippen molar-refractivity contribution in [3.8, 4) is 0 Å². The van der Waals surface area contributed by atoms with E-state index in [1.54, 1.807) is 0 Å². The van der Waals surface area contributed by atoms with Crippen LogP contribution < -0.4 is 10.6 Å². The van der Waals surface area contributed by atoms with Crippen molar-refractivity contribution >= 4 is 28.8 Å². The highest BCUT2D eigenvalue weighted by atomic mass is 32.1. The monoisotopic (exact) mass is 408 g/mol. The maximum Gasteiger partial charge on any atom is 0.286 e. The van der Waals surface area contributed by atoms with Gasteiger partial charge in [-0.15, -0.1) is 10.2 Å². The fourth-order valence-electron chi connectivity index (χ4n) is 2.87. The van der Waals surface area contributed by atoms with Gasteiger partial charge in [-0.2, -0.15) is 0 Å². The Morgan fingerprint density at radius 1 is 1.03 bits per heavy atom. The average molecular weight is 409 g/mol. The van der Waals surface area contributed by atoms with E-state index < -0.39 is 0 Å². The molecule has 6 nitrogen and oxygen atoms in total. The molecule has 0 spiro atoms. The van der Waals surface area contributed by atoms with Crippen LogP contribution in [0.2, 0.25) is 0 Å². The molecular formula is C22H24N4O2S. The summed E-state index contributed by atoms with van der Waals surface area (Å²) in [6.07, 6.45) is 1.67. The summed E-state index contributed by atoms with van der Waals surface area (Å²) in [5.41, 5.74) is 2.83. The minimum Gasteiger partial charge on any atom is -0.350 e. The maximum absolute atomic E-state index is 12.4. The van der Waals surface area contributed by atoms with Crippen molar-refractivity contribution in [1.29, 1.82) is 0 Å². The van der Waals surface area contributed by atoms with E-state index >= 15 is 0 Å². The average Bonchev–Trinajstić information content (AvgIpc) is 3.19. The van der Waals surface area contributed by atoms with Gasteiger partial charge in [-0.25, -0.2) is 0 Å². The first-order valence-corrected chi connectivity index (χ1v) is 10.4. The Morgan fingerprint density at radius 2 is 1.76 bits per heavy atom. The standard InChI is InChI=1S/C22H24N4O2S/c1-15-9-6-7-12-18(15)24-21(28)22-26-25-20(29-22)14-8-13-19(27)23-16(2)17-10-4-3-5-11-17/h3-7,9-12,16H,8,13-14H2,1-2H3,(H,23,27)(H,24,28)/t16-/m0/s1. The molecule has 2 N–H and O–H groups in total. The predicted molar refractivity (Wildman–Crippen MR) is 115 cm³/mol. The molecule has 0 saturated carbocycles. The smallest absolute Gasteiger partial charge is 0.286 e. The first-order chi connectivity index (χ1) is 14.0. The number of aryl methyl sites for hydroxylation is 2. The summed E-state index contributed by atoms with van der Waals surface area (Å²) in [5, 5.41) is 15.0. The van der Waals surface area contributed by atoms with Gasteiger partial charge >= 0.3 is 0 Å². The molecule has 7 heteroatoms. The minimum absolute atomic E-state index is 0.00314. The van der Waals surface area contributed by atoms with Crippen LogP contribution in [0.1, 0.15) is 51.7 Å². The van der Waals surface area contributed by atoms with E-state index in [4.69, 9.17) is 0 Å². The molecule has 3 aromatic rings. The highest BCUT2D eigenvalue weighted by Gasteiger charge is 2.14. The predicted octanol–water partition coefficient (Wildman–Crippen LogP) is 4.30. The number of nitrogens with zero attached hydrogens (tertiary/aromatic N) is 2. The highest BCUT2D eigenvalue weighted by molar-refractivity contribution is 7.13. The number of amides is 2. The van der Waals surface area contributed by atoms with Crippen molar-refractivity contribution in [2.24, 2.45) is 0 Å². The second-order valence-electron chi connectivity index (χ2n) is 6.82. The van der Waals surface area contributed by atoms with Crippen LogP contribution in [-0.4, -0.2) is 22.0 Å². The van der Waals surface area contributed by atoms with Crippen molar-refractivity contribution in [3.63, 3.8) is 0 Å². The Morgan fingerprint density at radius 3 is 2.52 bits per heavy atom. The molecule has 0 bridgehead atoms. The molecule has 0 aliphatic carbocycles. The number of rotatable bonds is 8. The molecule has 3 rings (SSSR count). The molecule has 1 atom stereocenters. The van der Waals surface area contributed by atoms with Gasteiger partial charge in [-0.05, 0) is 37.5 Å². The van der Waals surface area contributed by atoms with Crippen molar-refractivity contribution in [3.05, 3.63) is 75.7 Å². The molecule has 150 valence electrons. The maximum atomic E-state index is 12.4. The van der Waals surface area contributed by atoms with Crippen LogP contribution in [0.3, 0.4) is 0 Å². The van der Waals surface area contributed by atoms with E-state index in [2.05, 4.69) is 20.8 Å². The minimum atomic E-state index is -0.266. The lowest BCUT2D eigenvalue weighted by Crippen LogP contribution is -2.26. The lowest BCUT2D eigenvalue weighted by molar-refractivity contribution is -0.121. The lowest BCUT2D eigenvalue weighted by atomic mass is 10.1. The number of hydrogen-bond acceptors (Lipinski definition) is 5. The number of aromatic nitrogens is 2. The van der Waals surface area contributed by atoms with E-state index in [9.17, 15) is 9.59 Å². The molecule has 1 aromatic heterocycles. The van der Waals surface area contributed by atoms with Crippen molar-refractivity contribution < 1.29 is 9.59 Å². The number of anilines is 1. The molecule has 2 aromatic carbocycles. The zero-order chi connectivity index (χ0) is 20.6. The first-order valence-electron chi connectivity index (χ1n) is 9.56. The first kappa shape index (κ1) is 20.7. The number of carbonyl (C=O) groups is 2. The summed E-state index contributed by atoms with van der Waals surface area (Å²) in [7, 11) is 0. The van der Waals surface area contributed by atoms with Gasteiger partial charge in [0, 0.05) is 18.5 Å². The number of para-hydroxylation sites is 1. The third-order valence-corrected chi connectivity index (χ3v) is 5.51. The molecule has 0 aliphatic rings. The summed E-state index contributed by atoms with van der Waals surface area (Å²) in [6.45, 7) is 3.90. The largest absolute Gasteiger partial charge is 0.350 e. The Labute approximate surface area is 174 Å². The van der Waals surface area contributed by atoms with Crippen LogP contribution in [0.15, 0.2) is 54.6 Å². The second kappa shape index (κ2) is 9.93. The zero-order valence-electron chi connectivity index (χ0n) is 16.5. The molecule has 29 heavy (non-hydrogen) atoms. The summed E-state index contributed by atoms with van der Waals surface area (Å²) in [4.78, 5) is 24.5. The third kappa shape index (κ3) is 5.96. The van der Waals surface area contributed by atoms with E-state index in [1.165, 1.54) is 11.3 Å². The van der Waals surface area contributed by atoms with Crippen LogP contribution in [0, 0.1) is 6.92 Å². The van der Waals surface area contributed by atoms with E-state index in [1.807, 2.05) is 68.4 Å². The normalized spacial score (nSPS) is 11.7. The summed E-state index contributed by atoms with van der Waals surface area (Å²) in [5.74, 6) is -0.263. The Hall–Kier alpha value is -3.06. The van der Waals surface area contributed by atoms with Gasteiger partial charge in [0.05, 0.1) is 6.04 Å². The third-order valence-electron chi connectivity index (χ3n) is 4.53. The van der Waals surface area contributed by atoms with Crippen molar-refractivity contribution in [2.75, 3.05) is 5.32 Å². The molecule has 2 amide bonds. The number of carbonyl (C=O) groups excluding carboxylic acids is 2. The van der Waals surface area contributed by atoms with Crippen molar-refractivity contribution in [1.82, 2.24) is 15.5 Å². The lowest BCUT2D eigenvalue weighted by Gasteiger charge is -2.14. The van der Waals surface area contributed by atoms with Gasteiger partial charge in [-0.1, -0.05) is 59.9 Å². The zero-order valence-corrected chi connectivity index (χ0v) is 17.3. The topological polar surface area (TPSA) is 84.0 Å². The van der Waals surface area contributed by atoms with Gasteiger partial charge in [0.25, 0.3) is 5.91 Å². The molecule has 0 unspecified atom stereocenters. The molecule has 0 radical (unpaired) electrons. The number of nitrogens with one attached hydrogen (secondary N) is 2.